The highest BCUT2D eigenvalue weighted by molar-refractivity contribution is 5.35. The van der Waals surface area contributed by atoms with Crippen molar-refractivity contribution in [3.63, 3.8) is 0 Å². The molecule has 0 aromatic heterocycles. The third kappa shape index (κ3) is 2.43. The average molecular weight is 249 g/mol. The molecule has 0 spiro atoms. The van der Waals surface area contributed by atoms with Crippen molar-refractivity contribution in [2.24, 2.45) is 0 Å². The number of rotatable bonds is 2. The van der Waals surface area contributed by atoms with Gasteiger partial charge in [0.1, 0.15) is 5.82 Å². The number of aliphatic hydroxyl groups is 1. The van der Waals surface area contributed by atoms with Gasteiger partial charge in [-0.05, 0) is 61.8 Å². The third-order valence-electron chi connectivity index (χ3n) is 4.32. The normalized spacial score (nSPS) is 31.3. The maximum Gasteiger partial charge on any atom is 0.123 e. The van der Waals surface area contributed by atoms with Crippen LogP contribution in [0.15, 0.2) is 18.2 Å². The molecule has 2 N–H and O–H groups in total. The summed E-state index contributed by atoms with van der Waals surface area (Å²) in [7, 11) is 0. The fourth-order valence-corrected chi connectivity index (χ4v) is 3.27. The summed E-state index contributed by atoms with van der Waals surface area (Å²) in [4.78, 5) is 0. The third-order valence-corrected chi connectivity index (χ3v) is 4.32. The summed E-state index contributed by atoms with van der Waals surface area (Å²) in [5.41, 5.74) is 2.42. The Kier molecular flexibility index (Phi) is 3.35. The SMILES string of the molecule is OC1CCC(NC2CCc3ccc(F)cc32)CC1. The Morgan fingerprint density at radius 3 is 2.67 bits per heavy atom. The summed E-state index contributed by atoms with van der Waals surface area (Å²) in [5, 5.41) is 13.1. The largest absolute Gasteiger partial charge is 0.393 e. The molecule has 98 valence electrons. The molecular weight excluding hydrogens is 229 g/mol. The van der Waals surface area contributed by atoms with E-state index in [1.807, 2.05) is 6.07 Å². The van der Waals surface area contributed by atoms with Crippen LogP contribution in [0.5, 0.6) is 0 Å². The quantitative estimate of drug-likeness (QED) is 0.844. The minimum absolute atomic E-state index is 0.114. The summed E-state index contributed by atoms with van der Waals surface area (Å²) in [6.45, 7) is 0. The first-order valence-electron chi connectivity index (χ1n) is 6.95. The zero-order chi connectivity index (χ0) is 12.5. The lowest BCUT2D eigenvalue weighted by Gasteiger charge is -2.29. The number of benzene rings is 1. The van der Waals surface area contributed by atoms with E-state index in [-0.39, 0.29) is 11.9 Å². The van der Waals surface area contributed by atoms with Crippen LogP contribution in [-0.4, -0.2) is 17.3 Å². The van der Waals surface area contributed by atoms with Crippen molar-refractivity contribution in [1.82, 2.24) is 5.32 Å². The van der Waals surface area contributed by atoms with Gasteiger partial charge in [-0.2, -0.15) is 0 Å². The first-order valence-corrected chi connectivity index (χ1v) is 6.95. The van der Waals surface area contributed by atoms with Gasteiger partial charge in [-0.3, -0.25) is 0 Å². The molecule has 3 rings (SSSR count). The summed E-state index contributed by atoms with van der Waals surface area (Å²) in [5.74, 6) is -0.137. The highest BCUT2D eigenvalue weighted by Gasteiger charge is 2.27. The maximum absolute atomic E-state index is 13.3. The molecule has 0 heterocycles. The molecule has 1 aromatic rings. The minimum Gasteiger partial charge on any atom is -0.393 e. The smallest absolute Gasteiger partial charge is 0.123 e. The standard InChI is InChI=1S/C15H20FNO/c16-11-3-1-10-2-8-15(14(10)9-11)17-12-4-6-13(18)7-5-12/h1,3,9,12-13,15,17-18H,2,4-8H2. The zero-order valence-corrected chi connectivity index (χ0v) is 10.5. The first-order chi connectivity index (χ1) is 8.72. The van der Waals surface area contributed by atoms with E-state index in [2.05, 4.69) is 5.32 Å². The summed E-state index contributed by atoms with van der Waals surface area (Å²) in [6, 6.07) is 5.93. The van der Waals surface area contributed by atoms with Crippen molar-refractivity contribution < 1.29 is 9.50 Å². The van der Waals surface area contributed by atoms with Crippen molar-refractivity contribution in [3.05, 3.63) is 35.1 Å². The Balaban J connectivity index is 1.67. The van der Waals surface area contributed by atoms with Crippen molar-refractivity contribution in [1.29, 1.82) is 0 Å². The second-order valence-electron chi connectivity index (χ2n) is 5.61. The molecule has 1 fully saturated rings. The van der Waals surface area contributed by atoms with E-state index in [0.717, 1.165) is 44.1 Å². The van der Waals surface area contributed by atoms with Crippen LogP contribution < -0.4 is 5.32 Å². The number of hydrogen-bond donors (Lipinski definition) is 2. The summed E-state index contributed by atoms with van der Waals surface area (Å²) < 4.78 is 13.3. The Bertz CT molecular complexity index is 427. The van der Waals surface area contributed by atoms with Gasteiger partial charge >= 0.3 is 0 Å². The van der Waals surface area contributed by atoms with E-state index in [1.165, 1.54) is 5.56 Å². The Labute approximate surface area is 107 Å². The molecular formula is C15H20FNO. The van der Waals surface area contributed by atoms with E-state index < -0.39 is 0 Å². The van der Waals surface area contributed by atoms with Gasteiger partial charge in [0.15, 0.2) is 0 Å². The van der Waals surface area contributed by atoms with Crippen LogP contribution in [-0.2, 0) is 6.42 Å². The van der Waals surface area contributed by atoms with Gasteiger partial charge in [0.05, 0.1) is 6.10 Å². The van der Waals surface area contributed by atoms with Gasteiger partial charge in [-0.1, -0.05) is 6.07 Å². The molecule has 1 aromatic carbocycles. The topological polar surface area (TPSA) is 32.3 Å². The summed E-state index contributed by atoms with van der Waals surface area (Å²) >= 11 is 0. The molecule has 0 bridgehead atoms. The van der Waals surface area contributed by atoms with E-state index in [1.54, 1.807) is 12.1 Å². The fraction of sp³-hybridized carbons (Fsp3) is 0.600. The number of nitrogens with one attached hydrogen (secondary N) is 1. The van der Waals surface area contributed by atoms with Crippen LogP contribution in [0.1, 0.15) is 49.3 Å². The van der Waals surface area contributed by atoms with E-state index in [4.69, 9.17) is 0 Å². The number of hydrogen-bond acceptors (Lipinski definition) is 2. The number of fused-ring (bicyclic) bond motifs is 1. The maximum atomic E-state index is 13.3. The van der Waals surface area contributed by atoms with Gasteiger partial charge in [-0.25, -0.2) is 4.39 Å². The van der Waals surface area contributed by atoms with Crippen LogP contribution in [0.25, 0.3) is 0 Å². The Morgan fingerprint density at radius 2 is 1.89 bits per heavy atom. The molecule has 2 aliphatic rings. The molecule has 1 unspecified atom stereocenters. The molecule has 0 radical (unpaired) electrons. The predicted molar refractivity (Wildman–Crippen MR) is 68.9 cm³/mol. The number of halogens is 1. The Morgan fingerprint density at radius 1 is 1.11 bits per heavy atom. The average Bonchev–Trinajstić information content (AvgIpc) is 2.75. The van der Waals surface area contributed by atoms with Crippen molar-refractivity contribution in [3.8, 4) is 0 Å². The fourth-order valence-electron chi connectivity index (χ4n) is 3.27. The lowest BCUT2D eigenvalue weighted by molar-refractivity contribution is 0.114. The van der Waals surface area contributed by atoms with Gasteiger partial charge < -0.3 is 10.4 Å². The summed E-state index contributed by atoms with van der Waals surface area (Å²) in [6.07, 6.45) is 5.84. The lowest BCUT2D eigenvalue weighted by atomic mass is 9.92. The number of aryl methyl sites for hydroxylation is 1. The first kappa shape index (κ1) is 12.1. The molecule has 1 saturated carbocycles. The molecule has 2 aliphatic carbocycles. The van der Waals surface area contributed by atoms with Crippen LogP contribution in [0.3, 0.4) is 0 Å². The van der Waals surface area contributed by atoms with Crippen molar-refractivity contribution >= 4 is 0 Å². The molecule has 1 atom stereocenters. The van der Waals surface area contributed by atoms with Crippen LogP contribution in [0.4, 0.5) is 4.39 Å². The number of aliphatic hydroxyl groups excluding tert-OH is 1. The van der Waals surface area contributed by atoms with Crippen LogP contribution in [0.2, 0.25) is 0 Å². The van der Waals surface area contributed by atoms with Crippen molar-refractivity contribution in [2.75, 3.05) is 0 Å². The van der Waals surface area contributed by atoms with Gasteiger partial charge in [-0.15, -0.1) is 0 Å². The van der Waals surface area contributed by atoms with Crippen molar-refractivity contribution in [2.45, 2.75) is 56.7 Å². The van der Waals surface area contributed by atoms with E-state index in [0.29, 0.717) is 12.1 Å². The molecule has 0 aliphatic heterocycles. The Hall–Kier alpha value is -0.930. The van der Waals surface area contributed by atoms with Gasteiger partial charge in [0.25, 0.3) is 0 Å². The van der Waals surface area contributed by atoms with Gasteiger partial charge in [0.2, 0.25) is 0 Å². The molecule has 18 heavy (non-hydrogen) atoms. The second-order valence-corrected chi connectivity index (χ2v) is 5.61. The predicted octanol–water partition coefficient (Wildman–Crippen LogP) is 2.71. The lowest BCUT2D eigenvalue weighted by Crippen LogP contribution is -2.36. The van der Waals surface area contributed by atoms with E-state index >= 15 is 0 Å². The molecule has 2 nitrogen and oxygen atoms in total. The molecule has 3 heteroatoms. The molecule has 0 saturated heterocycles. The minimum atomic E-state index is -0.137. The monoisotopic (exact) mass is 249 g/mol. The van der Waals surface area contributed by atoms with Crippen LogP contribution >= 0.6 is 0 Å². The van der Waals surface area contributed by atoms with Crippen LogP contribution in [0, 0.1) is 5.82 Å². The zero-order valence-electron chi connectivity index (χ0n) is 10.5. The second kappa shape index (κ2) is 4.98. The highest BCUT2D eigenvalue weighted by Crippen LogP contribution is 2.33. The van der Waals surface area contributed by atoms with E-state index in [9.17, 15) is 9.50 Å². The van der Waals surface area contributed by atoms with Gasteiger partial charge in [0, 0.05) is 12.1 Å². The molecule has 0 amide bonds. The highest BCUT2D eigenvalue weighted by atomic mass is 19.1.